The van der Waals surface area contributed by atoms with E-state index in [1.54, 1.807) is 0 Å². The molecule has 0 saturated heterocycles. The van der Waals surface area contributed by atoms with Crippen molar-refractivity contribution < 1.29 is 0 Å². The van der Waals surface area contributed by atoms with Crippen molar-refractivity contribution in [1.82, 2.24) is 0 Å². The Kier molecular flexibility index (Phi) is 14.1. The normalized spacial score (nSPS) is 13.9. The van der Waals surface area contributed by atoms with Crippen LogP contribution in [0.5, 0.6) is 0 Å². The largest absolute Gasteiger partial charge is 0.355 e. The number of rotatable bonds is 13. The van der Waals surface area contributed by atoms with E-state index < -0.39 is 5.41 Å². The molecule has 0 spiro atoms. The molecule has 2 heteroatoms. The van der Waals surface area contributed by atoms with Crippen LogP contribution in [0, 0.1) is 6.92 Å². The summed E-state index contributed by atoms with van der Waals surface area (Å²) in [7, 11) is 0. The summed E-state index contributed by atoms with van der Waals surface area (Å²) in [5.74, 6) is 0. The Balaban J connectivity index is 0.000000216. The van der Waals surface area contributed by atoms with Crippen molar-refractivity contribution in [1.29, 1.82) is 0 Å². The fourth-order valence-electron chi connectivity index (χ4n) is 9.57. The van der Waals surface area contributed by atoms with Crippen molar-refractivity contribution in [2.45, 2.75) is 25.7 Å². The number of aryl methyl sites for hydroxylation is 1. The molecule has 0 aliphatic heterocycles. The lowest BCUT2D eigenvalue weighted by molar-refractivity contribution is 0.773. The maximum absolute atomic E-state index is 4.81. The van der Waals surface area contributed by atoms with Gasteiger partial charge in [-0.25, -0.2) is 0 Å². The lowest BCUT2D eigenvalue weighted by Gasteiger charge is -2.36. The van der Waals surface area contributed by atoms with Gasteiger partial charge in [-0.3, -0.25) is 4.99 Å². The second-order valence-corrected chi connectivity index (χ2v) is 17.3. The van der Waals surface area contributed by atoms with Gasteiger partial charge in [0.05, 0.1) is 11.1 Å². The molecule has 0 amide bonds. The van der Waals surface area contributed by atoms with Crippen LogP contribution >= 0.6 is 0 Å². The molecule has 0 bridgehead atoms. The van der Waals surface area contributed by atoms with E-state index in [2.05, 4.69) is 255 Å². The molecule has 2 nitrogen and oxygen atoms in total. The van der Waals surface area contributed by atoms with E-state index in [9.17, 15) is 0 Å². The number of allylic oxidation sites excluding steroid dienone is 6. The Morgan fingerprint density at radius 1 is 0.507 bits per heavy atom. The lowest BCUT2D eigenvalue weighted by Crippen LogP contribution is -2.29. The third kappa shape index (κ3) is 9.79. The Labute approximate surface area is 408 Å². The van der Waals surface area contributed by atoms with E-state index in [0.29, 0.717) is 0 Å². The molecule has 10 rings (SSSR count). The minimum atomic E-state index is -0.612. The first-order chi connectivity index (χ1) is 34.0. The van der Waals surface area contributed by atoms with Crippen LogP contribution in [0.3, 0.4) is 0 Å². The zero-order chi connectivity index (χ0) is 47.4. The van der Waals surface area contributed by atoms with E-state index in [0.717, 1.165) is 34.6 Å². The molecule has 0 fully saturated rings. The summed E-state index contributed by atoms with van der Waals surface area (Å²) >= 11 is 0. The van der Waals surface area contributed by atoms with Crippen molar-refractivity contribution in [3.05, 3.63) is 306 Å². The first-order valence-electron chi connectivity index (χ1n) is 23.7. The average molecular weight is 889 g/mol. The highest BCUT2D eigenvalue weighted by molar-refractivity contribution is 5.90. The van der Waals surface area contributed by atoms with Gasteiger partial charge in [-0.05, 0) is 135 Å². The quantitative estimate of drug-likeness (QED) is 0.0905. The van der Waals surface area contributed by atoms with Crippen LogP contribution in [0.15, 0.2) is 278 Å². The van der Waals surface area contributed by atoms with Crippen LogP contribution in [0.1, 0.15) is 40.3 Å². The number of anilines is 2. The number of nitrogens with zero attached hydrogens (tertiary/aromatic N) is 1. The fraction of sp³-hybridized carbons (Fsp3) is 0.0597. The Morgan fingerprint density at radius 2 is 1.04 bits per heavy atom. The van der Waals surface area contributed by atoms with Gasteiger partial charge in [0.25, 0.3) is 0 Å². The zero-order valence-corrected chi connectivity index (χ0v) is 39.4. The van der Waals surface area contributed by atoms with Crippen molar-refractivity contribution in [2.75, 3.05) is 5.32 Å². The van der Waals surface area contributed by atoms with E-state index in [1.807, 2.05) is 37.3 Å². The first kappa shape index (κ1) is 45.6. The highest BCUT2D eigenvalue weighted by atomic mass is 14.9. The summed E-state index contributed by atoms with van der Waals surface area (Å²) in [5, 5.41) is 3.75. The number of para-hydroxylation sites is 2. The van der Waals surface area contributed by atoms with Crippen molar-refractivity contribution in [3.8, 4) is 44.5 Å². The smallest absolute Gasteiger partial charge is 0.0728 e. The molecule has 334 valence electrons. The minimum Gasteiger partial charge on any atom is -0.355 e. The molecule has 0 heterocycles. The van der Waals surface area contributed by atoms with Gasteiger partial charge in [-0.15, -0.1) is 0 Å². The van der Waals surface area contributed by atoms with Crippen LogP contribution in [0.4, 0.5) is 11.4 Å². The maximum Gasteiger partial charge on any atom is 0.0728 e. The molecule has 1 aliphatic carbocycles. The summed E-state index contributed by atoms with van der Waals surface area (Å²) in [5.41, 5.74) is 20.6. The van der Waals surface area contributed by atoms with Gasteiger partial charge in [-0.2, -0.15) is 0 Å². The van der Waals surface area contributed by atoms with Gasteiger partial charge in [0.15, 0.2) is 0 Å². The molecule has 1 aliphatic rings. The van der Waals surface area contributed by atoms with Crippen LogP contribution in [0.25, 0.3) is 50.2 Å². The molecule has 0 radical (unpaired) electrons. The lowest BCUT2D eigenvalue weighted by atomic mass is 9.66. The average Bonchev–Trinajstić information content (AvgIpc) is 3.71. The van der Waals surface area contributed by atoms with Gasteiger partial charge < -0.3 is 5.32 Å². The van der Waals surface area contributed by atoms with Crippen molar-refractivity contribution in [3.63, 3.8) is 0 Å². The molecule has 1 atom stereocenters. The van der Waals surface area contributed by atoms with Crippen LogP contribution in [-0.4, -0.2) is 6.72 Å². The Bertz CT molecular complexity index is 3290. The number of aliphatic imine (C=N–C) groups is 1. The Hall–Kier alpha value is -8.59. The van der Waals surface area contributed by atoms with Crippen LogP contribution < -0.4 is 5.32 Å². The van der Waals surface area contributed by atoms with E-state index in [1.165, 1.54) is 72.3 Å². The predicted octanol–water partition coefficient (Wildman–Crippen LogP) is 17.7. The molecule has 9 aromatic rings. The van der Waals surface area contributed by atoms with Crippen molar-refractivity contribution >= 4 is 23.8 Å². The summed E-state index contributed by atoms with van der Waals surface area (Å²) in [6.07, 6.45) is 11.4. The topological polar surface area (TPSA) is 24.4 Å². The third-order valence-electron chi connectivity index (χ3n) is 13.0. The molecule has 69 heavy (non-hydrogen) atoms. The van der Waals surface area contributed by atoms with Gasteiger partial charge in [0.2, 0.25) is 0 Å². The standard InChI is InChI=1S/C45H37N.C22H19N/c1-4-5-7-17-33(3)45(42-23-14-15-24-44(42)46-37-18-8-6-9-19-37)41-22-13-12-21-39(41)40-30-29-36(31-43(40)45)34-25-27-35(28-26-34)38-20-11-10-16-32(38)2;1-23-22(21-10-6-3-7-11-21)17-14-18-12-15-20(16-13-18)19-8-4-2-5-9-19/h4-31,46H,3H2,1-2H3;2-13,15-17H,1,14H2/b5-4-,17-7-;22-17-. The number of fused-ring (bicyclic) bond motifs is 3. The first-order valence-corrected chi connectivity index (χ1v) is 23.7. The molecule has 9 aromatic carbocycles. The molecule has 0 aromatic heterocycles. The molecule has 0 saturated carbocycles. The molecule has 1 unspecified atom stereocenters. The summed E-state index contributed by atoms with van der Waals surface area (Å²) < 4.78 is 0. The summed E-state index contributed by atoms with van der Waals surface area (Å²) in [6.45, 7) is 12.7. The monoisotopic (exact) mass is 888 g/mol. The van der Waals surface area contributed by atoms with Gasteiger partial charge in [-0.1, -0.05) is 243 Å². The predicted molar refractivity (Wildman–Crippen MR) is 296 cm³/mol. The van der Waals surface area contributed by atoms with Gasteiger partial charge in [0.1, 0.15) is 0 Å². The third-order valence-corrected chi connectivity index (χ3v) is 13.0. The molecular formula is C67H56N2. The summed E-state index contributed by atoms with van der Waals surface area (Å²) in [6, 6.07) is 81.7. The van der Waals surface area contributed by atoms with Gasteiger partial charge in [0, 0.05) is 11.4 Å². The molecule has 1 N–H and O–H groups in total. The van der Waals surface area contributed by atoms with Crippen molar-refractivity contribution in [2.24, 2.45) is 4.99 Å². The van der Waals surface area contributed by atoms with E-state index in [-0.39, 0.29) is 0 Å². The van der Waals surface area contributed by atoms with E-state index in [4.69, 9.17) is 6.58 Å². The zero-order valence-electron chi connectivity index (χ0n) is 39.4. The second-order valence-electron chi connectivity index (χ2n) is 17.3. The highest BCUT2D eigenvalue weighted by Gasteiger charge is 2.47. The molecular weight excluding hydrogens is 833 g/mol. The number of nitrogens with one attached hydrogen (secondary N) is 1. The number of hydrogen-bond acceptors (Lipinski definition) is 2. The number of hydrogen-bond donors (Lipinski definition) is 1. The maximum atomic E-state index is 4.81. The van der Waals surface area contributed by atoms with E-state index >= 15 is 0 Å². The highest BCUT2D eigenvalue weighted by Crippen LogP contribution is 2.58. The summed E-state index contributed by atoms with van der Waals surface area (Å²) in [4.78, 5) is 4.15. The van der Waals surface area contributed by atoms with Crippen LogP contribution in [-0.2, 0) is 11.8 Å². The Morgan fingerprint density at radius 3 is 1.74 bits per heavy atom. The minimum absolute atomic E-state index is 0.612. The fourth-order valence-corrected chi connectivity index (χ4v) is 9.57. The SMILES string of the molecule is C=C(/C=C\C=C/C)C1(c2ccccc2Nc2ccccc2)c2ccccc2-c2ccc(-c3ccc(-c4ccccc4C)cc3)cc21.C=N/C(=C\Cc1ccc(-c2ccccc2)cc1)c1ccccc1. The second kappa shape index (κ2) is 21.4. The number of benzene rings is 9. The van der Waals surface area contributed by atoms with Crippen LogP contribution in [0.2, 0.25) is 0 Å². The van der Waals surface area contributed by atoms with Gasteiger partial charge >= 0.3 is 0 Å².